The lowest BCUT2D eigenvalue weighted by atomic mass is 9.98. The van der Waals surface area contributed by atoms with Gasteiger partial charge < -0.3 is 14.6 Å². The molecule has 0 aliphatic heterocycles. The number of hydrogen-bond acceptors (Lipinski definition) is 4. The number of benzene rings is 1. The van der Waals surface area contributed by atoms with Gasteiger partial charge in [0.1, 0.15) is 5.60 Å². The SMILES string of the molecule is CCC(C)c1ccc(OC(=O)OC(C)(C)C)c(O)c1. The minimum atomic E-state index is -0.820. The topological polar surface area (TPSA) is 55.8 Å². The molecule has 0 bridgehead atoms. The van der Waals surface area contributed by atoms with E-state index in [1.165, 1.54) is 0 Å². The molecule has 0 fully saturated rings. The molecule has 1 atom stereocenters. The van der Waals surface area contributed by atoms with Gasteiger partial charge in [-0.25, -0.2) is 4.79 Å². The molecule has 0 spiro atoms. The van der Waals surface area contributed by atoms with Gasteiger partial charge in [0.15, 0.2) is 11.5 Å². The second kappa shape index (κ2) is 5.95. The Labute approximate surface area is 114 Å². The average Bonchev–Trinajstić information content (AvgIpc) is 2.28. The molecule has 0 saturated carbocycles. The zero-order valence-electron chi connectivity index (χ0n) is 12.2. The number of phenols is 1. The van der Waals surface area contributed by atoms with Crippen molar-refractivity contribution >= 4 is 6.16 Å². The average molecular weight is 266 g/mol. The van der Waals surface area contributed by atoms with Gasteiger partial charge in [0, 0.05) is 0 Å². The first-order valence-corrected chi connectivity index (χ1v) is 6.46. The molecule has 0 saturated heterocycles. The lowest BCUT2D eigenvalue weighted by Crippen LogP contribution is -2.26. The van der Waals surface area contributed by atoms with Crippen LogP contribution in [0.2, 0.25) is 0 Å². The highest BCUT2D eigenvalue weighted by Crippen LogP contribution is 2.31. The van der Waals surface area contributed by atoms with Gasteiger partial charge in [0.2, 0.25) is 0 Å². The van der Waals surface area contributed by atoms with Crippen molar-refractivity contribution in [3.63, 3.8) is 0 Å². The molecule has 1 unspecified atom stereocenters. The normalized spacial score (nSPS) is 12.9. The van der Waals surface area contributed by atoms with Crippen LogP contribution in [0.1, 0.15) is 52.5 Å². The second-order valence-corrected chi connectivity index (χ2v) is 5.60. The molecule has 1 aromatic rings. The quantitative estimate of drug-likeness (QED) is 0.657. The summed E-state index contributed by atoms with van der Waals surface area (Å²) in [5, 5.41) is 9.85. The van der Waals surface area contributed by atoms with Crippen LogP contribution in [-0.2, 0) is 4.74 Å². The Hall–Kier alpha value is -1.71. The molecule has 0 aliphatic rings. The molecule has 0 aliphatic carbocycles. The molecule has 4 nitrogen and oxygen atoms in total. The summed E-state index contributed by atoms with van der Waals surface area (Å²) in [6.07, 6.45) is 0.158. The molecule has 0 amide bonds. The summed E-state index contributed by atoms with van der Waals surface area (Å²) in [5.41, 5.74) is 0.389. The second-order valence-electron chi connectivity index (χ2n) is 5.60. The van der Waals surface area contributed by atoms with Gasteiger partial charge in [-0.1, -0.05) is 19.9 Å². The van der Waals surface area contributed by atoms with Crippen molar-refractivity contribution in [2.45, 2.75) is 52.6 Å². The molecule has 0 heterocycles. The smallest absolute Gasteiger partial charge is 0.504 e. The Kier molecular flexibility index (Phi) is 4.81. The minimum absolute atomic E-state index is 0.0522. The maximum atomic E-state index is 11.5. The lowest BCUT2D eigenvalue weighted by Gasteiger charge is -2.19. The first-order valence-electron chi connectivity index (χ1n) is 6.46. The highest BCUT2D eigenvalue weighted by Gasteiger charge is 2.19. The summed E-state index contributed by atoms with van der Waals surface area (Å²) >= 11 is 0. The van der Waals surface area contributed by atoms with Crippen LogP contribution in [0.25, 0.3) is 0 Å². The van der Waals surface area contributed by atoms with Crippen LogP contribution in [-0.4, -0.2) is 16.9 Å². The number of phenolic OH excluding ortho intramolecular Hbond substituents is 1. The summed E-state index contributed by atoms with van der Waals surface area (Å²) in [6.45, 7) is 9.40. The van der Waals surface area contributed by atoms with Gasteiger partial charge in [-0.3, -0.25) is 0 Å². The molecule has 4 heteroatoms. The summed E-state index contributed by atoms with van der Waals surface area (Å²) in [5.74, 6) is 0.409. The van der Waals surface area contributed by atoms with Crippen LogP contribution in [0.3, 0.4) is 0 Å². The molecule has 106 valence electrons. The van der Waals surface area contributed by atoms with E-state index in [1.807, 2.05) is 6.07 Å². The molecule has 19 heavy (non-hydrogen) atoms. The van der Waals surface area contributed by atoms with Crippen molar-refractivity contribution in [3.05, 3.63) is 23.8 Å². The predicted octanol–water partition coefficient (Wildman–Crippen LogP) is 4.22. The van der Waals surface area contributed by atoms with E-state index < -0.39 is 11.8 Å². The number of ether oxygens (including phenoxy) is 2. The molecule has 1 rings (SSSR count). The first kappa shape index (κ1) is 15.3. The van der Waals surface area contributed by atoms with E-state index >= 15 is 0 Å². The van der Waals surface area contributed by atoms with Crippen LogP contribution < -0.4 is 4.74 Å². The Bertz CT molecular complexity index is 446. The van der Waals surface area contributed by atoms with Crippen LogP contribution >= 0.6 is 0 Å². The minimum Gasteiger partial charge on any atom is -0.504 e. The molecular weight excluding hydrogens is 244 g/mol. The van der Waals surface area contributed by atoms with Crippen LogP contribution in [0, 0.1) is 0 Å². The van der Waals surface area contributed by atoms with Crippen LogP contribution in [0.15, 0.2) is 18.2 Å². The Balaban J connectivity index is 2.78. The molecule has 1 aromatic carbocycles. The van der Waals surface area contributed by atoms with E-state index in [9.17, 15) is 9.90 Å². The maximum Gasteiger partial charge on any atom is 0.514 e. The van der Waals surface area contributed by atoms with E-state index in [1.54, 1.807) is 32.9 Å². The van der Waals surface area contributed by atoms with Crippen LogP contribution in [0.4, 0.5) is 4.79 Å². The Morgan fingerprint density at radius 3 is 2.47 bits per heavy atom. The molecule has 1 N–H and O–H groups in total. The van der Waals surface area contributed by atoms with E-state index in [2.05, 4.69) is 13.8 Å². The number of carbonyl (C=O) groups is 1. The fourth-order valence-electron chi connectivity index (χ4n) is 1.52. The van der Waals surface area contributed by atoms with Crippen molar-refractivity contribution in [2.24, 2.45) is 0 Å². The third-order valence-electron chi connectivity index (χ3n) is 2.75. The fraction of sp³-hybridized carbons (Fsp3) is 0.533. The molecular formula is C15H22O4. The molecule has 0 radical (unpaired) electrons. The van der Waals surface area contributed by atoms with E-state index in [-0.39, 0.29) is 11.5 Å². The van der Waals surface area contributed by atoms with E-state index in [0.717, 1.165) is 12.0 Å². The highest BCUT2D eigenvalue weighted by molar-refractivity contribution is 5.65. The Morgan fingerprint density at radius 2 is 2.00 bits per heavy atom. The summed E-state index contributed by atoms with van der Waals surface area (Å²) in [4.78, 5) is 11.5. The van der Waals surface area contributed by atoms with Crippen molar-refractivity contribution in [2.75, 3.05) is 0 Å². The Morgan fingerprint density at radius 1 is 1.37 bits per heavy atom. The largest absolute Gasteiger partial charge is 0.514 e. The standard InChI is InChI=1S/C15H22O4/c1-6-10(2)11-7-8-13(12(16)9-11)18-14(17)19-15(3,4)5/h7-10,16H,6H2,1-5H3. The number of hydrogen-bond donors (Lipinski definition) is 1. The van der Waals surface area contributed by atoms with Crippen molar-refractivity contribution in [3.8, 4) is 11.5 Å². The van der Waals surface area contributed by atoms with Gasteiger partial charge in [-0.15, -0.1) is 0 Å². The van der Waals surface area contributed by atoms with Crippen molar-refractivity contribution in [1.29, 1.82) is 0 Å². The lowest BCUT2D eigenvalue weighted by molar-refractivity contribution is 0.0200. The third-order valence-corrected chi connectivity index (χ3v) is 2.75. The fourth-order valence-corrected chi connectivity index (χ4v) is 1.52. The van der Waals surface area contributed by atoms with Gasteiger partial charge in [-0.2, -0.15) is 0 Å². The van der Waals surface area contributed by atoms with Gasteiger partial charge in [-0.05, 0) is 50.8 Å². The van der Waals surface area contributed by atoms with Crippen LogP contribution in [0.5, 0.6) is 11.5 Å². The number of carbonyl (C=O) groups excluding carboxylic acids is 1. The summed E-state index contributed by atoms with van der Waals surface area (Å²) < 4.78 is 10.0. The summed E-state index contributed by atoms with van der Waals surface area (Å²) in [6, 6.07) is 5.04. The first-order chi connectivity index (χ1) is 8.73. The van der Waals surface area contributed by atoms with Gasteiger partial charge >= 0.3 is 6.16 Å². The zero-order valence-corrected chi connectivity index (χ0v) is 12.2. The van der Waals surface area contributed by atoms with Crippen molar-refractivity contribution < 1.29 is 19.4 Å². The van der Waals surface area contributed by atoms with E-state index in [4.69, 9.17) is 9.47 Å². The monoisotopic (exact) mass is 266 g/mol. The highest BCUT2D eigenvalue weighted by atomic mass is 16.7. The third kappa shape index (κ3) is 4.81. The van der Waals surface area contributed by atoms with Gasteiger partial charge in [0.05, 0.1) is 0 Å². The number of rotatable bonds is 3. The summed E-state index contributed by atoms with van der Waals surface area (Å²) in [7, 11) is 0. The maximum absolute atomic E-state index is 11.5. The van der Waals surface area contributed by atoms with Crippen molar-refractivity contribution in [1.82, 2.24) is 0 Å². The predicted molar refractivity (Wildman–Crippen MR) is 73.7 cm³/mol. The zero-order chi connectivity index (χ0) is 14.6. The molecule has 0 aromatic heterocycles. The van der Waals surface area contributed by atoms with Gasteiger partial charge in [0.25, 0.3) is 0 Å². The number of aromatic hydroxyl groups is 1. The van der Waals surface area contributed by atoms with E-state index in [0.29, 0.717) is 5.92 Å².